The van der Waals surface area contributed by atoms with Crippen LogP contribution < -0.4 is 5.32 Å². The number of piperidine rings is 1. The van der Waals surface area contributed by atoms with Gasteiger partial charge in [0.15, 0.2) is 4.34 Å². The van der Waals surface area contributed by atoms with Crippen LogP contribution in [-0.2, 0) is 4.79 Å². The van der Waals surface area contributed by atoms with Crippen LogP contribution in [0.3, 0.4) is 0 Å². The third kappa shape index (κ3) is 4.86. The molecule has 8 heteroatoms. The SMILES string of the molecule is C[C@@H]1CCC[C@H](C)N1C(=O)CSc1nnc(Nc2cccc(Cl)c2)s1. The number of likely N-dealkylation sites (tertiary alicyclic amines) is 1. The molecule has 0 radical (unpaired) electrons. The molecule has 1 aliphatic rings. The average Bonchev–Trinajstić information content (AvgIpc) is 3.00. The zero-order valence-corrected chi connectivity index (χ0v) is 16.6. The van der Waals surface area contributed by atoms with Crippen molar-refractivity contribution in [2.45, 2.75) is 49.5 Å². The van der Waals surface area contributed by atoms with Crippen molar-refractivity contribution in [3.8, 4) is 0 Å². The Kier molecular flexibility index (Phi) is 6.19. The average molecular weight is 397 g/mol. The number of carbonyl (C=O) groups excluding carboxylic acids is 1. The van der Waals surface area contributed by atoms with Crippen molar-refractivity contribution in [1.82, 2.24) is 15.1 Å². The number of amides is 1. The predicted octanol–water partition coefficient (Wildman–Crippen LogP) is 4.82. The molecule has 1 aliphatic heterocycles. The Morgan fingerprint density at radius 3 is 2.84 bits per heavy atom. The Bertz CT molecular complexity index is 729. The lowest BCUT2D eigenvalue weighted by atomic mass is 9.98. The largest absolute Gasteiger partial charge is 0.337 e. The molecule has 0 spiro atoms. The summed E-state index contributed by atoms with van der Waals surface area (Å²) in [5, 5.41) is 12.8. The van der Waals surface area contributed by atoms with Crippen LogP contribution in [0.2, 0.25) is 5.02 Å². The van der Waals surface area contributed by atoms with Gasteiger partial charge in [0.25, 0.3) is 0 Å². The van der Waals surface area contributed by atoms with Crippen molar-refractivity contribution in [2.75, 3.05) is 11.1 Å². The highest BCUT2D eigenvalue weighted by Crippen LogP contribution is 2.30. The minimum Gasteiger partial charge on any atom is -0.337 e. The molecule has 1 amide bonds. The maximum atomic E-state index is 12.6. The van der Waals surface area contributed by atoms with Crippen LogP contribution in [0.4, 0.5) is 10.8 Å². The van der Waals surface area contributed by atoms with Gasteiger partial charge < -0.3 is 10.2 Å². The van der Waals surface area contributed by atoms with Crippen molar-refractivity contribution in [3.05, 3.63) is 29.3 Å². The maximum absolute atomic E-state index is 12.6. The Labute approximate surface area is 161 Å². The first-order valence-corrected chi connectivity index (χ1v) is 10.5. The molecule has 0 saturated carbocycles. The molecule has 25 heavy (non-hydrogen) atoms. The monoisotopic (exact) mass is 396 g/mol. The Hall–Kier alpha value is -1.31. The van der Waals surface area contributed by atoms with E-state index in [1.165, 1.54) is 29.5 Å². The zero-order chi connectivity index (χ0) is 17.8. The molecule has 134 valence electrons. The summed E-state index contributed by atoms with van der Waals surface area (Å²) in [7, 11) is 0. The topological polar surface area (TPSA) is 58.1 Å². The predicted molar refractivity (Wildman–Crippen MR) is 105 cm³/mol. The second kappa shape index (κ2) is 8.38. The molecular formula is C17H21ClN4OS2. The lowest BCUT2D eigenvalue weighted by molar-refractivity contribution is -0.134. The number of thioether (sulfide) groups is 1. The fourth-order valence-corrected chi connectivity index (χ4v) is 4.95. The van der Waals surface area contributed by atoms with E-state index in [4.69, 9.17) is 11.6 Å². The van der Waals surface area contributed by atoms with Gasteiger partial charge in [-0.2, -0.15) is 0 Å². The maximum Gasteiger partial charge on any atom is 0.233 e. The van der Waals surface area contributed by atoms with Crippen molar-refractivity contribution in [2.24, 2.45) is 0 Å². The minimum absolute atomic E-state index is 0.184. The van der Waals surface area contributed by atoms with Crippen LogP contribution in [-0.4, -0.2) is 38.8 Å². The molecule has 0 aliphatic carbocycles. The van der Waals surface area contributed by atoms with Gasteiger partial charge in [0.1, 0.15) is 0 Å². The number of aromatic nitrogens is 2. The number of carbonyl (C=O) groups is 1. The Morgan fingerprint density at radius 2 is 2.12 bits per heavy atom. The van der Waals surface area contributed by atoms with E-state index in [0.29, 0.717) is 28.0 Å². The lowest BCUT2D eigenvalue weighted by Gasteiger charge is -2.39. The molecule has 3 rings (SSSR count). The number of benzene rings is 1. The highest BCUT2D eigenvalue weighted by atomic mass is 35.5. The molecule has 0 bridgehead atoms. The van der Waals surface area contributed by atoms with Gasteiger partial charge >= 0.3 is 0 Å². The van der Waals surface area contributed by atoms with Crippen molar-refractivity contribution in [1.29, 1.82) is 0 Å². The number of rotatable bonds is 5. The molecule has 1 aromatic heterocycles. The first kappa shape index (κ1) is 18.5. The van der Waals surface area contributed by atoms with Gasteiger partial charge in [0.05, 0.1) is 5.75 Å². The lowest BCUT2D eigenvalue weighted by Crippen LogP contribution is -2.48. The van der Waals surface area contributed by atoms with Gasteiger partial charge in [-0.3, -0.25) is 4.79 Å². The van der Waals surface area contributed by atoms with E-state index in [9.17, 15) is 4.79 Å². The second-order valence-electron chi connectivity index (χ2n) is 6.23. The van der Waals surface area contributed by atoms with E-state index in [1.807, 2.05) is 29.2 Å². The Morgan fingerprint density at radius 1 is 1.36 bits per heavy atom. The third-order valence-corrected chi connectivity index (χ3v) is 6.47. The smallest absolute Gasteiger partial charge is 0.233 e. The molecule has 1 aromatic carbocycles. The third-order valence-electron chi connectivity index (χ3n) is 4.28. The van der Waals surface area contributed by atoms with Crippen LogP contribution >= 0.6 is 34.7 Å². The quantitative estimate of drug-likeness (QED) is 0.734. The van der Waals surface area contributed by atoms with Crippen LogP contribution in [0.15, 0.2) is 28.6 Å². The van der Waals surface area contributed by atoms with Gasteiger partial charge in [0.2, 0.25) is 11.0 Å². The summed E-state index contributed by atoms with van der Waals surface area (Å²) in [6.07, 6.45) is 3.38. The molecule has 2 atom stereocenters. The van der Waals surface area contributed by atoms with Gasteiger partial charge in [-0.1, -0.05) is 40.8 Å². The summed E-state index contributed by atoms with van der Waals surface area (Å²) in [6, 6.07) is 8.10. The molecule has 1 saturated heterocycles. The van der Waals surface area contributed by atoms with E-state index in [1.54, 1.807) is 0 Å². The van der Waals surface area contributed by atoms with E-state index < -0.39 is 0 Å². The fraction of sp³-hybridized carbons (Fsp3) is 0.471. The van der Waals surface area contributed by atoms with Gasteiger partial charge in [-0.05, 0) is 51.3 Å². The molecular weight excluding hydrogens is 376 g/mol. The zero-order valence-electron chi connectivity index (χ0n) is 14.2. The van der Waals surface area contributed by atoms with Crippen LogP contribution in [0.5, 0.6) is 0 Å². The van der Waals surface area contributed by atoms with E-state index in [2.05, 4.69) is 29.4 Å². The highest BCUT2D eigenvalue weighted by molar-refractivity contribution is 8.01. The number of halogens is 1. The first-order chi connectivity index (χ1) is 12.0. The molecule has 0 unspecified atom stereocenters. The first-order valence-electron chi connectivity index (χ1n) is 8.33. The molecule has 5 nitrogen and oxygen atoms in total. The summed E-state index contributed by atoms with van der Waals surface area (Å²) in [5.41, 5.74) is 0.868. The van der Waals surface area contributed by atoms with Gasteiger partial charge in [-0.25, -0.2) is 0 Å². The number of anilines is 2. The fourth-order valence-electron chi connectivity index (χ4n) is 3.12. The number of nitrogens with zero attached hydrogens (tertiary/aromatic N) is 3. The van der Waals surface area contributed by atoms with E-state index in [-0.39, 0.29) is 5.91 Å². The molecule has 1 fully saturated rings. The number of hydrogen-bond acceptors (Lipinski definition) is 6. The normalized spacial score (nSPS) is 20.5. The number of nitrogens with one attached hydrogen (secondary N) is 1. The van der Waals surface area contributed by atoms with Gasteiger partial charge in [0, 0.05) is 22.8 Å². The van der Waals surface area contributed by atoms with Crippen molar-refractivity contribution < 1.29 is 4.79 Å². The summed E-state index contributed by atoms with van der Waals surface area (Å²) >= 11 is 8.87. The van der Waals surface area contributed by atoms with Crippen LogP contribution in [0.25, 0.3) is 0 Å². The number of hydrogen-bond donors (Lipinski definition) is 1. The molecule has 2 aromatic rings. The standard InChI is InChI=1S/C17H21ClN4OS2/c1-11-5-3-6-12(2)22(11)15(23)10-24-17-21-20-16(25-17)19-14-8-4-7-13(18)9-14/h4,7-9,11-12H,3,5-6,10H2,1-2H3,(H,19,20)/t11-,12+. The molecule has 1 N–H and O–H groups in total. The summed E-state index contributed by atoms with van der Waals surface area (Å²) < 4.78 is 0.787. The van der Waals surface area contributed by atoms with Crippen molar-refractivity contribution in [3.63, 3.8) is 0 Å². The highest BCUT2D eigenvalue weighted by Gasteiger charge is 2.28. The Balaban J connectivity index is 1.55. The van der Waals surface area contributed by atoms with Crippen molar-refractivity contribution >= 4 is 51.4 Å². The summed E-state index contributed by atoms with van der Waals surface area (Å²) in [5.74, 6) is 0.588. The summed E-state index contributed by atoms with van der Waals surface area (Å²) in [6.45, 7) is 4.27. The van der Waals surface area contributed by atoms with Crippen LogP contribution in [0.1, 0.15) is 33.1 Å². The minimum atomic E-state index is 0.184. The second-order valence-corrected chi connectivity index (χ2v) is 8.86. The molecule has 2 heterocycles. The van der Waals surface area contributed by atoms with Gasteiger partial charge in [-0.15, -0.1) is 10.2 Å². The van der Waals surface area contributed by atoms with E-state index >= 15 is 0 Å². The van der Waals surface area contributed by atoms with Crippen LogP contribution in [0, 0.1) is 0 Å². The summed E-state index contributed by atoms with van der Waals surface area (Å²) in [4.78, 5) is 14.6. The van der Waals surface area contributed by atoms with E-state index in [0.717, 1.165) is 22.9 Å².